The Bertz CT molecular complexity index is 2700. The highest BCUT2D eigenvalue weighted by molar-refractivity contribution is 7.89. The summed E-state index contributed by atoms with van der Waals surface area (Å²) in [5, 5.41) is 18.6. The van der Waals surface area contributed by atoms with Crippen LogP contribution in [0.15, 0.2) is 99.7 Å². The molecule has 2 aromatic rings. The van der Waals surface area contributed by atoms with Gasteiger partial charge in [0.15, 0.2) is 5.71 Å². The van der Waals surface area contributed by atoms with Crippen molar-refractivity contribution in [2.45, 2.75) is 109 Å². The molecule has 1 atom stereocenters. The lowest BCUT2D eigenvalue weighted by atomic mass is 9.70. The number of benzene rings is 2. The quantitative estimate of drug-likeness (QED) is 0.0163. The van der Waals surface area contributed by atoms with Gasteiger partial charge in [-0.2, -0.15) is 13.0 Å². The van der Waals surface area contributed by atoms with E-state index in [0.717, 1.165) is 40.7 Å². The van der Waals surface area contributed by atoms with E-state index in [0.29, 0.717) is 28.9 Å². The molecule has 2 aromatic carbocycles. The van der Waals surface area contributed by atoms with Crippen LogP contribution < -0.4 is 15.5 Å². The summed E-state index contributed by atoms with van der Waals surface area (Å²) in [6.45, 7) is 13.7. The summed E-state index contributed by atoms with van der Waals surface area (Å²) in [6, 6.07) is 13.1. The fourth-order valence-electron chi connectivity index (χ4n) is 9.42. The van der Waals surface area contributed by atoms with Gasteiger partial charge in [-0.05, 0) is 99.4 Å². The van der Waals surface area contributed by atoms with Crippen molar-refractivity contribution >= 4 is 55.0 Å². The number of carboxylic acid groups (broad SMARTS) is 1. The molecule has 368 valence electrons. The Morgan fingerprint density at radius 1 is 0.926 bits per heavy atom. The van der Waals surface area contributed by atoms with Gasteiger partial charge in [0, 0.05) is 92.0 Å². The van der Waals surface area contributed by atoms with Crippen LogP contribution in [0.2, 0.25) is 0 Å². The maximum Gasteiger partial charge on any atom is 0.303 e. The molecule has 4 N–H and O–H groups in total. The standard InChI is InChI=1S/C49H66N8O9S2/c1-8-10-28-56-40-17-12-11-16-38(40)47(3,4)42(56)23-19-35-31-36(34-49(33-35,45(60)51-9-2)46(61)52-25-14-26-53-54-50)20-24-43-48(5,6)39-32-37(68(65,66)55(7)27-13-18-44(58)59)21-22-41(39)57(43)29-15-30-67(62,63)64/h11-12,16-17,19-24,31-32H,8-10,13-15,18,25-30,33-34H2,1-7H3,(H3-,51,52,58,59,60,61,62,63,64)/p+1. The number of para-hydroxylation sites is 1. The van der Waals surface area contributed by atoms with Crippen LogP contribution in [0.5, 0.6) is 0 Å². The predicted molar refractivity (Wildman–Crippen MR) is 264 cm³/mol. The van der Waals surface area contributed by atoms with Crippen LogP contribution in [-0.2, 0) is 45.4 Å². The van der Waals surface area contributed by atoms with Gasteiger partial charge in [0.2, 0.25) is 27.5 Å². The number of rotatable bonds is 23. The molecule has 0 aromatic heterocycles. The number of azide groups is 1. The lowest BCUT2D eigenvalue weighted by molar-refractivity contribution is -0.438. The molecule has 19 heteroatoms. The third kappa shape index (κ3) is 12.0. The first kappa shape index (κ1) is 53.4. The van der Waals surface area contributed by atoms with Gasteiger partial charge < -0.3 is 20.6 Å². The summed E-state index contributed by atoms with van der Waals surface area (Å²) in [7, 11) is -6.95. The van der Waals surface area contributed by atoms with Crippen LogP contribution in [0.1, 0.15) is 104 Å². The molecule has 1 unspecified atom stereocenters. The predicted octanol–water partition coefficient (Wildman–Crippen LogP) is 7.45. The number of unbranched alkanes of at least 4 members (excludes halogenated alkanes) is 1. The van der Waals surface area contributed by atoms with Crippen LogP contribution in [0, 0.1) is 5.41 Å². The lowest BCUT2D eigenvalue weighted by Gasteiger charge is -2.35. The number of nitrogens with one attached hydrogen (secondary N) is 2. The topological polar surface area (TPSA) is 242 Å². The van der Waals surface area contributed by atoms with Crippen LogP contribution >= 0.6 is 0 Å². The third-order valence-electron chi connectivity index (χ3n) is 13.0. The summed E-state index contributed by atoms with van der Waals surface area (Å²) in [4.78, 5) is 44.7. The molecule has 0 radical (unpaired) electrons. The van der Waals surface area contributed by atoms with Crippen molar-refractivity contribution in [3.63, 3.8) is 0 Å². The van der Waals surface area contributed by atoms with E-state index in [1.54, 1.807) is 19.1 Å². The van der Waals surface area contributed by atoms with Crippen molar-refractivity contribution in [1.82, 2.24) is 14.9 Å². The molecule has 3 aliphatic rings. The number of amides is 2. The van der Waals surface area contributed by atoms with Crippen LogP contribution in [-0.4, -0.2) is 111 Å². The summed E-state index contributed by atoms with van der Waals surface area (Å²) in [5.41, 5.74) is 12.7. The molecule has 2 amide bonds. The number of nitrogens with zero attached hydrogens (tertiary/aromatic N) is 6. The molecule has 0 bridgehead atoms. The van der Waals surface area contributed by atoms with E-state index in [-0.39, 0.29) is 75.1 Å². The highest BCUT2D eigenvalue weighted by Gasteiger charge is 2.49. The Morgan fingerprint density at radius 3 is 2.32 bits per heavy atom. The molecule has 68 heavy (non-hydrogen) atoms. The molecule has 0 fully saturated rings. The number of allylic oxidation sites excluding steroid dienone is 8. The van der Waals surface area contributed by atoms with E-state index in [4.69, 9.17) is 10.6 Å². The molecule has 5 rings (SSSR count). The number of hydrogen-bond donors (Lipinski definition) is 4. The minimum Gasteiger partial charge on any atom is -0.481 e. The normalized spacial score (nSPS) is 19.8. The second kappa shape index (κ2) is 22.2. The number of sulfonamides is 1. The minimum absolute atomic E-state index is 0.00288. The number of carboxylic acids is 1. The smallest absolute Gasteiger partial charge is 0.303 e. The van der Waals surface area contributed by atoms with Crippen molar-refractivity contribution < 1.29 is 45.5 Å². The minimum atomic E-state index is -4.31. The summed E-state index contributed by atoms with van der Waals surface area (Å²) >= 11 is 0. The number of carbonyl (C=O) groups excluding carboxylic acids is 2. The molecule has 1 aliphatic carbocycles. The van der Waals surface area contributed by atoms with Gasteiger partial charge in [0.05, 0.1) is 16.1 Å². The maximum atomic E-state index is 14.5. The lowest BCUT2D eigenvalue weighted by Crippen LogP contribution is -2.53. The molecule has 0 saturated carbocycles. The second-order valence-corrected chi connectivity index (χ2v) is 22.3. The van der Waals surface area contributed by atoms with Crippen molar-refractivity contribution in [3.05, 3.63) is 111 Å². The zero-order valence-electron chi connectivity index (χ0n) is 40.3. The van der Waals surface area contributed by atoms with E-state index >= 15 is 0 Å². The SMILES string of the molecule is CCCC[N+]1=C(/C=C/C2=CC(=C/C=C3/N(CCCS(=O)(=O)O)c4ccc(S(=O)(=O)N(C)CCCC(=O)O)cc4C3(C)C)/CC(C(=O)NCC)(C(=O)NCCCN=[N+]=[N-])C2)C(C)(C)c2ccccc21. The van der Waals surface area contributed by atoms with E-state index in [1.165, 1.54) is 18.7 Å². The zero-order valence-corrected chi connectivity index (χ0v) is 41.9. The zero-order chi connectivity index (χ0) is 50.1. The number of hydrogen-bond acceptors (Lipinski definition) is 9. The van der Waals surface area contributed by atoms with Gasteiger partial charge in [-0.3, -0.25) is 18.9 Å². The Kier molecular flexibility index (Phi) is 17.4. The fraction of sp³-hybridized carbons (Fsp3) is 0.510. The number of fused-ring (bicyclic) bond motifs is 2. The van der Waals surface area contributed by atoms with Gasteiger partial charge in [-0.25, -0.2) is 12.7 Å². The average molecular weight is 976 g/mol. The molecule has 2 heterocycles. The Labute approximate surface area is 401 Å². The fourth-order valence-corrected chi connectivity index (χ4v) is 11.1. The van der Waals surface area contributed by atoms with E-state index < -0.39 is 54.5 Å². The molecule has 0 saturated heterocycles. The van der Waals surface area contributed by atoms with Gasteiger partial charge in [0.25, 0.3) is 10.1 Å². The largest absolute Gasteiger partial charge is 0.481 e. The van der Waals surface area contributed by atoms with Crippen molar-refractivity contribution in [2.75, 3.05) is 57.0 Å². The maximum absolute atomic E-state index is 14.5. The third-order valence-corrected chi connectivity index (χ3v) is 15.7. The first-order valence-corrected chi connectivity index (χ1v) is 26.3. The molecular weight excluding hydrogens is 909 g/mol. The Balaban J connectivity index is 1.66. The highest BCUT2D eigenvalue weighted by Crippen LogP contribution is 2.49. The molecule has 2 aliphatic heterocycles. The average Bonchev–Trinajstić information content (AvgIpc) is 3.63. The number of carbonyl (C=O) groups is 3. The van der Waals surface area contributed by atoms with Crippen LogP contribution in [0.25, 0.3) is 10.4 Å². The van der Waals surface area contributed by atoms with Crippen LogP contribution in [0.3, 0.4) is 0 Å². The van der Waals surface area contributed by atoms with Gasteiger partial charge in [0.1, 0.15) is 12.0 Å². The summed E-state index contributed by atoms with van der Waals surface area (Å²) < 4.78 is 64.5. The highest BCUT2D eigenvalue weighted by atomic mass is 32.2. The summed E-state index contributed by atoms with van der Waals surface area (Å²) in [6.07, 6.45) is 12.2. The monoisotopic (exact) mass is 975 g/mol. The number of anilines is 1. The molecular formula is C49H67N8O9S2+. The van der Waals surface area contributed by atoms with Gasteiger partial charge in [-0.1, -0.05) is 68.7 Å². The van der Waals surface area contributed by atoms with E-state index in [9.17, 15) is 35.8 Å². The first-order valence-electron chi connectivity index (χ1n) is 23.2. The van der Waals surface area contributed by atoms with Crippen molar-refractivity contribution in [1.29, 1.82) is 0 Å². The van der Waals surface area contributed by atoms with Gasteiger partial charge >= 0.3 is 5.97 Å². The number of aliphatic carboxylic acids is 1. The Hall–Kier alpha value is -5.59. The Morgan fingerprint density at radius 2 is 1.65 bits per heavy atom. The van der Waals surface area contributed by atoms with E-state index in [1.807, 2.05) is 55.2 Å². The van der Waals surface area contributed by atoms with Crippen molar-refractivity contribution in [3.8, 4) is 0 Å². The molecule has 17 nitrogen and oxygen atoms in total. The molecule has 0 spiro atoms. The van der Waals surface area contributed by atoms with Crippen molar-refractivity contribution in [2.24, 2.45) is 10.5 Å². The van der Waals surface area contributed by atoms with Gasteiger partial charge in [-0.15, -0.1) is 0 Å². The summed E-state index contributed by atoms with van der Waals surface area (Å²) in [5.74, 6) is -2.46. The first-order chi connectivity index (χ1) is 32.0. The second-order valence-electron chi connectivity index (χ2n) is 18.7. The van der Waals surface area contributed by atoms with Crippen LogP contribution in [0.4, 0.5) is 11.4 Å². The van der Waals surface area contributed by atoms with E-state index in [2.05, 4.69) is 64.2 Å².